The van der Waals surface area contributed by atoms with Crippen molar-refractivity contribution in [1.82, 2.24) is 0 Å². The molecule has 4 nitrogen and oxygen atoms in total. The fourth-order valence-electron chi connectivity index (χ4n) is 1.55. The monoisotopic (exact) mass is 262 g/mol. The number of rotatable bonds is 3. The van der Waals surface area contributed by atoms with Crippen LogP contribution in [0.25, 0.3) is 0 Å². The van der Waals surface area contributed by atoms with Gasteiger partial charge in [-0.1, -0.05) is 6.07 Å². The molecule has 0 fully saturated rings. The molecule has 1 unspecified atom stereocenters. The van der Waals surface area contributed by atoms with Gasteiger partial charge in [-0.15, -0.1) is 11.3 Å². The lowest BCUT2D eigenvalue weighted by atomic mass is 10.2. The van der Waals surface area contributed by atoms with E-state index in [0.29, 0.717) is 11.3 Å². The maximum Gasteiger partial charge on any atom is 0.246 e. The molecule has 1 amide bonds. The number of phenols is 1. The number of hydrogen-bond acceptors (Lipinski definition) is 4. The zero-order valence-corrected chi connectivity index (χ0v) is 10.7. The van der Waals surface area contributed by atoms with Gasteiger partial charge in [-0.3, -0.25) is 4.79 Å². The number of thiophene rings is 1. The highest BCUT2D eigenvalue weighted by molar-refractivity contribution is 7.10. The first-order chi connectivity index (χ1) is 8.58. The van der Waals surface area contributed by atoms with Crippen LogP contribution in [-0.4, -0.2) is 11.0 Å². The van der Waals surface area contributed by atoms with Gasteiger partial charge in [0.15, 0.2) is 0 Å². The molecule has 1 heterocycles. The third kappa shape index (κ3) is 2.69. The second-order valence-corrected chi connectivity index (χ2v) is 4.96. The maximum absolute atomic E-state index is 11.9. The third-order valence-electron chi connectivity index (χ3n) is 2.60. The minimum Gasteiger partial charge on any atom is -0.508 e. The molecule has 5 heteroatoms. The number of nitrogens with two attached hydrogens (primary N) is 1. The first-order valence-corrected chi connectivity index (χ1v) is 6.35. The number of carbonyl (C=O) groups excluding carboxylic acids is 1. The Morgan fingerprint density at radius 1 is 1.44 bits per heavy atom. The number of anilines is 1. The van der Waals surface area contributed by atoms with Gasteiger partial charge in [0, 0.05) is 10.6 Å². The van der Waals surface area contributed by atoms with Crippen LogP contribution in [0.15, 0.2) is 35.7 Å². The van der Waals surface area contributed by atoms with E-state index >= 15 is 0 Å². The fourth-order valence-corrected chi connectivity index (χ4v) is 2.28. The van der Waals surface area contributed by atoms with E-state index in [1.54, 1.807) is 25.1 Å². The minimum atomic E-state index is -0.667. The SMILES string of the molecule is Cc1cc(NC(=O)C(N)c2cccs2)ccc1O. The number of aromatic hydroxyl groups is 1. The Morgan fingerprint density at radius 3 is 2.83 bits per heavy atom. The predicted molar refractivity (Wildman–Crippen MR) is 72.7 cm³/mol. The molecule has 2 aromatic rings. The van der Waals surface area contributed by atoms with E-state index < -0.39 is 6.04 Å². The smallest absolute Gasteiger partial charge is 0.246 e. The van der Waals surface area contributed by atoms with Crippen LogP contribution in [0.5, 0.6) is 5.75 Å². The van der Waals surface area contributed by atoms with Crippen LogP contribution in [-0.2, 0) is 4.79 Å². The van der Waals surface area contributed by atoms with E-state index in [0.717, 1.165) is 4.88 Å². The first-order valence-electron chi connectivity index (χ1n) is 5.47. The fraction of sp³-hybridized carbons (Fsp3) is 0.154. The second kappa shape index (κ2) is 5.20. The van der Waals surface area contributed by atoms with Crippen molar-refractivity contribution in [2.75, 3.05) is 5.32 Å². The van der Waals surface area contributed by atoms with Gasteiger partial charge in [0.05, 0.1) is 0 Å². The van der Waals surface area contributed by atoms with Crippen LogP contribution in [0.2, 0.25) is 0 Å². The number of aryl methyl sites for hydroxylation is 1. The lowest BCUT2D eigenvalue weighted by Crippen LogP contribution is -2.26. The van der Waals surface area contributed by atoms with E-state index in [1.807, 2.05) is 17.5 Å². The maximum atomic E-state index is 11.9. The molecule has 1 aromatic carbocycles. The van der Waals surface area contributed by atoms with Crippen molar-refractivity contribution in [3.8, 4) is 5.75 Å². The normalized spacial score (nSPS) is 12.1. The average Bonchev–Trinajstić information content (AvgIpc) is 2.86. The molecule has 0 saturated carbocycles. The molecule has 4 N–H and O–H groups in total. The van der Waals surface area contributed by atoms with E-state index in [4.69, 9.17) is 5.73 Å². The van der Waals surface area contributed by atoms with Gasteiger partial charge in [-0.05, 0) is 42.1 Å². The van der Waals surface area contributed by atoms with Crippen molar-refractivity contribution in [3.05, 3.63) is 46.2 Å². The molecule has 0 saturated heterocycles. The Bertz CT molecular complexity index is 552. The van der Waals surface area contributed by atoms with Crippen molar-refractivity contribution in [2.24, 2.45) is 5.73 Å². The molecule has 2 rings (SSSR count). The molecular weight excluding hydrogens is 248 g/mol. The largest absolute Gasteiger partial charge is 0.508 e. The molecule has 0 aliphatic heterocycles. The van der Waals surface area contributed by atoms with Gasteiger partial charge >= 0.3 is 0 Å². The van der Waals surface area contributed by atoms with Gasteiger partial charge in [0.1, 0.15) is 11.8 Å². The molecular formula is C13H14N2O2S. The van der Waals surface area contributed by atoms with Crippen LogP contribution in [0.4, 0.5) is 5.69 Å². The van der Waals surface area contributed by atoms with Crippen molar-refractivity contribution in [2.45, 2.75) is 13.0 Å². The van der Waals surface area contributed by atoms with Gasteiger partial charge in [0.25, 0.3) is 0 Å². The van der Waals surface area contributed by atoms with Crippen LogP contribution in [0, 0.1) is 6.92 Å². The Hall–Kier alpha value is -1.85. The Morgan fingerprint density at radius 2 is 2.22 bits per heavy atom. The lowest BCUT2D eigenvalue weighted by Gasteiger charge is -2.11. The summed E-state index contributed by atoms with van der Waals surface area (Å²) in [7, 11) is 0. The van der Waals surface area contributed by atoms with Gasteiger partial charge in [-0.25, -0.2) is 0 Å². The summed E-state index contributed by atoms with van der Waals surface area (Å²) in [6, 6.07) is 7.91. The summed E-state index contributed by atoms with van der Waals surface area (Å²) < 4.78 is 0. The summed E-state index contributed by atoms with van der Waals surface area (Å²) in [6.07, 6.45) is 0. The Kier molecular flexibility index (Phi) is 3.64. The lowest BCUT2D eigenvalue weighted by molar-refractivity contribution is -0.117. The zero-order chi connectivity index (χ0) is 13.1. The molecule has 0 bridgehead atoms. The summed E-state index contributed by atoms with van der Waals surface area (Å²) >= 11 is 1.45. The van der Waals surface area contributed by atoms with Crippen molar-refractivity contribution in [3.63, 3.8) is 0 Å². The van der Waals surface area contributed by atoms with Crippen molar-refractivity contribution in [1.29, 1.82) is 0 Å². The molecule has 0 radical (unpaired) electrons. The van der Waals surface area contributed by atoms with Gasteiger partial charge in [-0.2, -0.15) is 0 Å². The van der Waals surface area contributed by atoms with E-state index in [9.17, 15) is 9.90 Å². The first kappa shape index (κ1) is 12.6. The summed E-state index contributed by atoms with van der Waals surface area (Å²) in [5, 5.41) is 14.0. The minimum absolute atomic E-state index is 0.204. The molecule has 1 aromatic heterocycles. The molecule has 0 aliphatic carbocycles. The highest BCUT2D eigenvalue weighted by Crippen LogP contribution is 2.22. The highest BCUT2D eigenvalue weighted by atomic mass is 32.1. The number of carbonyl (C=O) groups is 1. The van der Waals surface area contributed by atoms with Crippen LogP contribution < -0.4 is 11.1 Å². The zero-order valence-electron chi connectivity index (χ0n) is 9.88. The molecule has 0 aliphatic rings. The molecule has 18 heavy (non-hydrogen) atoms. The predicted octanol–water partition coefficient (Wildman–Crippen LogP) is 2.40. The Labute approximate surface area is 109 Å². The van der Waals surface area contributed by atoms with E-state index in [2.05, 4.69) is 5.32 Å². The summed E-state index contributed by atoms with van der Waals surface area (Å²) in [4.78, 5) is 12.7. The highest BCUT2D eigenvalue weighted by Gasteiger charge is 2.16. The molecule has 94 valence electrons. The average molecular weight is 262 g/mol. The quantitative estimate of drug-likeness (QED) is 0.743. The van der Waals surface area contributed by atoms with Gasteiger partial charge in [0.2, 0.25) is 5.91 Å². The number of amides is 1. The van der Waals surface area contributed by atoms with Crippen molar-refractivity contribution < 1.29 is 9.90 Å². The number of hydrogen-bond donors (Lipinski definition) is 3. The number of nitrogens with one attached hydrogen (secondary N) is 1. The number of phenolic OH excluding ortho intramolecular Hbond substituents is 1. The molecule has 0 spiro atoms. The van der Waals surface area contributed by atoms with Crippen LogP contribution in [0.3, 0.4) is 0 Å². The van der Waals surface area contributed by atoms with Crippen LogP contribution >= 0.6 is 11.3 Å². The van der Waals surface area contributed by atoms with Gasteiger partial charge < -0.3 is 16.2 Å². The van der Waals surface area contributed by atoms with E-state index in [-0.39, 0.29) is 11.7 Å². The molecule has 1 atom stereocenters. The topological polar surface area (TPSA) is 75.4 Å². The Balaban J connectivity index is 2.09. The summed E-state index contributed by atoms with van der Waals surface area (Å²) in [5.74, 6) is -0.0573. The number of benzene rings is 1. The van der Waals surface area contributed by atoms with E-state index in [1.165, 1.54) is 11.3 Å². The standard InChI is InChI=1S/C13H14N2O2S/c1-8-7-9(4-5-10(8)16)15-13(17)12(14)11-3-2-6-18-11/h2-7,12,16H,14H2,1H3,(H,15,17). The third-order valence-corrected chi connectivity index (χ3v) is 3.55. The summed E-state index contributed by atoms with van der Waals surface area (Å²) in [6.45, 7) is 1.77. The van der Waals surface area contributed by atoms with Crippen molar-refractivity contribution >= 4 is 22.9 Å². The summed E-state index contributed by atoms with van der Waals surface area (Å²) in [5.41, 5.74) is 7.18. The second-order valence-electron chi connectivity index (χ2n) is 3.98. The van der Waals surface area contributed by atoms with Crippen LogP contribution in [0.1, 0.15) is 16.5 Å².